The first-order valence-corrected chi connectivity index (χ1v) is 9.24. The van der Waals surface area contributed by atoms with Crippen molar-refractivity contribution in [3.63, 3.8) is 0 Å². The minimum atomic E-state index is -0.540. The molecule has 142 valence electrons. The van der Waals surface area contributed by atoms with Crippen LogP contribution in [0.15, 0.2) is 51.7 Å². The fraction of sp³-hybridized carbons (Fsp3) is 0.238. The highest BCUT2D eigenvalue weighted by molar-refractivity contribution is 5.86. The Morgan fingerprint density at radius 1 is 1.11 bits per heavy atom. The van der Waals surface area contributed by atoms with Crippen LogP contribution in [-0.4, -0.2) is 48.1 Å². The number of benzene rings is 2. The number of rotatable bonds is 2. The number of para-hydroxylation sites is 2. The summed E-state index contributed by atoms with van der Waals surface area (Å²) < 4.78 is 20.4. The summed E-state index contributed by atoms with van der Waals surface area (Å²) in [6.45, 7) is 3.44. The molecule has 7 heteroatoms. The minimum absolute atomic E-state index is 0.218. The van der Waals surface area contributed by atoms with Gasteiger partial charge in [-0.05, 0) is 31.3 Å². The summed E-state index contributed by atoms with van der Waals surface area (Å²) in [7, 11) is 2.07. The molecule has 0 radical (unpaired) electrons. The Morgan fingerprint density at radius 3 is 2.68 bits per heavy atom. The molecule has 0 amide bonds. The van der Waals surface area contributed by atoms with E-state index in [0.717, 1.165) is 42.9 Å². The Hall–Kier alpha value is -3.19. The number of aromatic amines is 1. The Kier molecular flexibility index (Phi) is 3.91. The molecule has 6 nitrogen and oxygen atoms in total. The van der Waals surface area contributed by atoms with E-state index in [1.54, 1.807) is 6.07 Å². The molecule has 0 unspecified atom stereocenters. The van der Waals surface area contributed by atoms with Crippen molar-refractivity contribution in [1.29, 1.82) is 0 Å². The van der Waals surface area contributed by atoms with Gasteiger partial charge in [0.1, 0.15) is 22.8 Å². The Morgan fingerprint density at radius 2 is 1.89 bits per heavy atom. The molecule has 2 aromatic heterocycles. The lowest BCUT2D eigenvalue weighted by Gasteiger charge is -2.34. The SMILES string of the molecule is CN1CCN(c2cc(F)c3cc(-c4nc5ccccc5[nH]4)c(=O)oc3c2)CC1. The van der Waals surface area contributed by atoms with E-state index in [1.807, 2.05) is 24.3 Å². The minimum Gasteiger partial charge on any atom is -0.422 e. The first-order chi connectivity index (χ1) is 13.6. The number of likely N-dealkylation sites (N-methyl/N-ethyl adjacent to an activating group) is 1. The summed E-state index contributed by atoms with van der Waals surface area (Å²) in [6.07, 6.45) is 0. The zero-order valence-corrected chi connectivity index (χ0v) is 15.4. The number of hydrogen-bond acceptors (Lipinski definition) is 5. The van der Waals surface area contributed by atoms with Gasteiger partial charge in [-0.1, -0.05) is 12.1 Å². The first kappa shape index (κ1) is 16.9. The number of hydrogen-bond donors (Lipinski definition) is 1. The summed E-state index contributed by atoms with van der Waals surface area (Å²) in [4.78, 5) is 24.4. The molecule has 4 aromatic rings. The lowest BCUT2D eigenvalue weighted by atomic mass is 10.1. The van der Waals surface area contributed by atoms with Crippen molar-refractivity contribution >= 4 is 27.7 Å². The molecule has 1 aliphatic heterocycles. The smallest absolute Gasteiger partial charge is 0.347 e. The summed E-state index contributed by atoms with van der Waals surface area (Å²) in [5.74, 6) is -0.0352. The van der Waals surface area contributed by atoms with Gasteiger partial charge in [-0.3, -0.25) is 0 Å². The van der Waals surface area contributed by atoms with Crippen molar-refractivity contribution in [3.05, 3.63) is 58.7 Å². The maximum atomic E-state index is 14.9. The maximum Gasteiger partial charge on any atom is 0.347 e. The largest absolute Gasteiger partial charge is 0.422 e. The van der Waals surface area contributed by atoms with Gasteiger partial charge < -0.3 is 19.2 Å². The van der Waals surface area contributed by atoms with E-state index in [2.05, 4.69) is 26.8 Å². The summed E-state index contributed by atoms with van der Waals surface area (Å²) in [5.41, 5.74) is 2.21. The second-order valence-corrected chi connectivity index (χ2v) is 7.18. The molecule has 1 aliphatic rings. The molecule has 1 saturated heterocycles. The van der Waals surface area contributed by atoms with Gasteiger partial charge in [0.2, 0.25) is 0 Å². The summed E-state index contributed by atoms with van der Waals surface area (Å²) >= 11 is 0. The Labute approximate surface area is 160 Å². The highest BCUT2D eigenvalue weighted by Gasteiger charge is 2.19. The predicted octanol–water partition coefficient (Wildman–Crippen LogP) is 3.23. The van der Waals surface area contributed by atoms with Gasteiger partial charge in [0, 0.05) is 37.9 Å². The molecule has 3 heterocycles. The van der Waals surface area contributed by atoms with Gasteiger partial charge in [-0.2, -0.15) is 0 Å². The molecule has 0 bridgehead atoms. The van der Waals surface area contributed by atoms with Gasteiger partial charge in [-0.25, -0.2) is 14.2 Å². The average molecular weight is 378 g/mol. The number of fused-ring (bicyclic) bond motifs is 2. The zero-order chi connectivity index (χ0) is 19.3. The van der Waals surface area contributed by atoms with E-state index in [0.29, 0.717) is 5.82 Å². The average Bonchev–Trinajstić information content (AvgIpc) is 3.12. The topological polar surface area (TPSA) is 65.4 Å². The number of imidazole rings is 1. The molecular weight excluding hydrogens is 359 g/mol. The number of nitrogens with one attached hydrogen (secondary N) is 1. The van der Waals surface area contributed by atoms with E-state index in [1.165, 1.54) is 12.1 Å². The number of piperazine rings is 1. The third kappa shape index (κ3) is 2.84. The third-order valence-corrected chi connectivity index (χ3v) is 5.30. The van der Waals surface area contributed by atoms with Crippen LogP contribution in [0.5, 0.6) is 0 Å². The van der Waals surface area contributed by atoms with Gasteiger partial charge in [0.15, 0.2) is 0 Å². The van der Waals surface area contributed by atoms with Gasteiger partial charge in [0.25, 0.3) is 0 Å². The van der Waals surface area contributed by atoms with Crippen molar-refractivity contribution in [1.82, 2.24) is 14.9 Å². The van der Waals surface area contributed by atoms with Crippen LogP contribution in [0.1, 0.15) is 0 Å². The van der Waals surface area contributed by atoms with Crippen molar-refractivity contribution in [3.8, 4) is 11.4 Å². The fourth-order valence-electron chi connectivity index (χ4n) is 3.65. The summed E-state index contributed by atoms with van der Waals surface area (Å²) in [5, 5.41) is 0.271. The Bertz CT molecular complexity index is 1210. The highest BCUT2D eigenvalue weighted by atomic mass is 19.1. The van der Waals surface area contributed by atoms with Gasteiger partial charge in [0.05, 0.1) is 16.4 Å². The normalized spacial score (nSPS) is 15.6. The van der Waals surface area contributed by atoms with Crippen molar-refractivity contribution in [2.24, 2.45) is 0 Å². The molecule has 0 aliphatic carbocycles. The molecular formula is C21H19FN4O2. The highest BCUT2D eigenvalue weighted by Crippen LogP contribution is 2.28. The van der Waals surface area contributed by atoms with Crippen LogP contribution >= 0.6 is 0 Å². The van der Waals surface area contributed by atoms with Crippen LogP contribution < -0.4 is 10.5 Å². The number of anilines is 1. The number of halogens is 1. The van der Waals surface area contributed by atoms with Crippen LogP contribution in [0.25, 0.3) is 33.4 Å². The van der Waals surface area contributed by atoms with Crippen molar-refractivity contribution in [2.45, 2.75) is 0 Å². The number of H-pyrrole nitrogens is 1. The fourth-order valence-corrected chi connectivity index (χ4v) is 3.65. The molecule has 0 atom stereocenters. The van der Waals surface area contributed by atoms with Crippen LogP contribution in [0.4, 0.5) is 10.1 Å². The van der Waals surface area contributed by atoms with Gasteiger partial charge >= 0.3 is 5.63 Å². The zero-order valence-electron chi connectivity index (χ0n) is 15.4. The quantitative estimate of drug-likeness (QED) is 0.543. The third-order valence-electron chi connectivity index (χ3n) is 5.30. The van der Waals surface area contributed by atoms with E-state index in [9.17, 15) is 9.18 Å². The molecule has 0 spiro atoms. The number of nitrogens with zero attached hydrogens (tertiary/aromatic N) is 3. The second kappa shape index (κ2) is 6.45. The number of aromatic nitrogens is 2. The van der Waals surface area contributed by atoms with Crippen LogP contribution in [0.2, 0.25) is 0 Å². The maximum absolute atomic E-state index is 14.9. The van der Waals surface area contributed by atoms with E-state index >= 15 is 0 Å². The molecule has 1 N–H and O–H groups in total. The van der Waals surface area contributed by atoms with Crippen molar-refractivity contribution in [2.75, 3.05) is 38.1 Å². The second-order valence-electron chi connectivity index (χ2n) is 7.18. The van der Waals surface area contributed by atoms with E-state index in [4.69, 9.17) is 4.42 Å². The Balaban J connectivity index is 1.60. The van der Waals surface area contributed by atoms with Crippen molar-refractivity contribution < 1.29 is 8.81 Å². The molecule has 5 rings (SSSR count). The summed E-state index contributed by atoms with van der Waals surface area (Å²) in [6, 6.07) is 12.2. The molecule has 2 aromatic carbocycles. The lowest BCUT2D eigenvalue weighted by Crippen LogP contribution is -2.44. The van der Waals surface area contributed by atoms with Crippen LogP contribution in [-0.2, 0) is 0 Å². The molecule has 1 fully saturated rings. The standard InChI is InChI=1S/C21H19FN4O2/c1-25-6-8-26(9-7-25)13-10-16(22)14-12-15(21(27)28-19(14)11-13)20-23-17-4-2-3-5-18(17)24-20/h2-5,10-12H,6-9H2,1H3,(H,23,24). The van der Waals surface area contributed by atoms with E-state index < -0.39 is 11.4 Å². The van der Waals surface area contributed by atoms with Gasteiger partial charge in [-0.15, -0.1) is 0 Å². The van der Waals surface area contributed by atoms with Crippen LogP contribution in [0.3, 0.4) is 0 Å². The monoisotopic (exact) mass is 378 g/mol. The first-order valence-electron chi connectivity index (χ1n) is 9.24. The molecule has 0 saturated carbocycles. The van der Waals surface area contributed by atoms with E-state index in [-0.39, 0.29) is 16.5 Å². The molecule has 28 heavy (non-hydrogen) atoms. The van der Waals surface area contributed by atoms with Crippen LogP contribution in [0, 0.1) is 5.82 Å². The lowest BCUT2D eigenvalue weighted by molar-refractivity contribution is 0.313. The predicted molar refractivity (Wildman–Crippen MR) is 107 cm³/mol.